The predicted molar refractivity (Wildman–Crippen MR) is 456 cm³/mol. The number of hydrogen-bond acceptors (Lipinski definition) is 18. The van der Waals surface area contributed by atoms with E-state index in [0.29, 0.717) is 53.1 Å². The summed E-state index contributed by atoms with van der Waals surface area (Å²) in [5.41, 5.74) is 7.03. The number of amides is 3. The van der Waals surface area contributed by atoms with Gasteiger partial charge in [0.2, 0.25) is 0 Å². The van der Waals surface area contributed by atoms with Crippen LogP contribution in [-0.2, 0) is 27.2 Å². The third-order valence-electron chi connectivity index (χ3n) is 20.3. The molecule has 4 fully saturated rings. The van der Waals surface area contributed by atoms with Crippen molar-refractivity contribution in [2.45, 2.75) is 172 Å². The molecule has 4 unspecified atom stereocenters. The van der Waals surface area contributed by atoms with Gasteiger partial charge in [-0.25, -0.2) is 55.8 Å². The SMILES string of the molecule is COC(=O)Nc1cc(C(Br)CCC2CC2)ccc1F.COC(=O)Nc1cc(C(CCC2CC2)n2ccc(=O)[nH]c2=O)ccc1F.Cc1cc(C(=O)Cc2cc(C(CCC3CC3)n3ccc(=O)[nH]c3=O)ccc2F)n(-c2cccc(CNC(=O)OC(C)(C)C)c2)n1.Cl.Nc1cc(C(CCC2CC2)n2ccc(=O)[nH]c2=O)ccc1F.O=c1cc[nH]c(=O)[nH]1.[Na+].[OH-]. The van der Waals surface area contributed by atoms with Crippen molar-refractivity contribution < 1.29 is 86.0 Å². The van der Waals surface area contributed by atoms with E-state index in [-0.39, 0.29) is 117 Å². The largest absolute Gasteiger partial charge is 1.00 e. The Balaban J connectivity index is 0.000000228. The molecule has 4 atom stereocenters. The Labute approximate surface area is 739 Å². The van der Waals surface area contributed by atoms with Crippen LogP contribution < -0.4 is 96.2 Å². The Morgan fingerprint density at radius 2 is 0.959 bits per heavy atom. The smallest absolute Gasteiger partial charge is 0.870 e. The number of alkyl halides is 1. The standard InChI is InChI=1S/C34H38FN5O5.C18H20FN3O4.C16H18FN3O2.C14H17BrFNO2.C4H4N2O2.ClH.Na.H2O/c1-21-16-29(40(38-21)26-7-5-6-23(17-26)20-36-33(44)45-34(2,3)4)30(41)19-25-18-24(11-12-27(25)35)28(13-10-22-8-9-22)39-15-14-31(42)37-32(39)43;1-26-18(25)20-14-10-12(5-6-13(14)19)15(7-4-11-2-3-11)22-9-8-16(23)21-17(22)24;17-12-5-4-11(9-13(12)18)14(6-3-10-1-2-10)20-8-7-15(21)19-16(20)22;1-19-14(18)17-13-8-10(5-7-12(13)16)11(15)6-4-9-2-3-9;7-3-1-2-5-4(8)6-3;;;/h5-7,11-12,14-18,22,28H,8-10,13,19-20H2,1-4H3,(H,36,44)(H,37,42,43);5-6,8-11,15H,2-4,7H2,1H3,(H,20,25)(H,21,23,24);4-5,7-10,14H,1-3,6,18H2,(H,19,21,22);5,7-9,11H,2-4,6H2,1H3,(H,17,18);1-2H,(H2,5,6,7,8);1H;;1H2/q;;;;;;+1;/p-1. The molecule has 0 bridgehead atoms. The molecule has 30 nitrogen and oxygen atoms in total. The Morgan fingerprint density at radius 1 is 0.537 bits per heavy atom. The van der Waals surface area contributed by atoms with E-state index in [1.54, 1.807) is 88.4 Å². The van der Waals surface area contributed by atoms with Gasteiger partial charge in [0.15, 0.2) is 5.78 Å². The zero-order valence-electron chi connectivity index (χ0n) is 69.0. The number of benzene rings is 5. The molecule has 3 amide bonds. The van der Waals surface area contributed by atoms with Crippen LogP contribution in [0.15, 0.2) is 191 Å². The molecule has 5 aromatic heterocycles. The summed E-state index contributed by atoms with van der Waals surface area (Å²) in [5.74, 6) is 0.418. The number of anilines is 3. The molecule has 11 N–H and O–H groups in total. The zero-order chi connectivity index (χ0) is 86.5. The Hall–Kier alpha value is -11.2. The topological polar surface area (TPSA) is 436 Å². The van der Waals surface area contributed by atoms with E-state index < -0.39 is 92.6 Å². The minimum Gasteiger partial charge on any atom is -0.870 e. The maximum atomic E-state index is 15.2. The van der Waals surface area contributed by atoms with Gasteiger partial charge in [0.25, 0.3) is 22.2 Å². The maximum Gasteiger partial charge on any atom is 1.00 e. The fourth-order valence-corrected chi connectivity index (χ4v) is 13.9. The van der Waals surface area contributed by atoms with Crippen LogP contribution in [-0.4, -0.2) is 97.8 Å². The average Bonchev–Trinajstić information content (AvgIpc) is 1.44. The second-order valence-corrected chi connectivity index (χ2v) is 32.1. The first-order valence-corrected chi connectivity index (χ1v) is 40.3. The average molecular weight is 1800 g/mol. The summed E-state index contributed by atoms with van der Waals surface area (Å²) >= 11 is 3.62. The molecule has 10 aromatic rings. The van der Waals surface area contributed by atoms with Crippen molar-refractivity contribution in [2.75, 3.05) is 30.6 Å². The predicted octanol–water partition coefficient (Wildman–Crippen LogP) is 11.0. The maximum absolute atomic E-state index is 15.2. The van der Waals surface area contributed by atoms with E-state index in [2.05, 4.69) is 66.4 Å². The number of nitrogen functional groups attached to an aromatic ring is 1. The third-order valence-corrected chi connectivity index (χ3v) is 21.3. The van der Waals surface area contributed by atoms with Crippen molar-refractivity contribution in [1.29, 1.82) is 0 Å². The molecule has 5 aromatic carbocycles. The Bertz CT molecular complexity index is 5770. The fraction of sp³-hybridized carbons (Fsp3) is 0.384. The molecule has 0 spiro atoms. The minimum absolute atomic E-state index is 0. The zero-order valence-corrected chi connectivity index (χ0v) is 73.4. The molecule has 4 saturated carbocycles. The fourth-order valence-electron chi connectivity index (χ4n) is 13.3. The number of hydrogen-bond donors (Lipinski definition) is 9. The number of ether oxygens (including phenoxy) is 3. The molecule has 123 heavy (non-hydrogen) atoms. The molecule has 0 saturated heterocycles. The van der Waals surface area contributed by atoms with E-state index >= 15 is 4.39 Å². The first-order chi connectivity index (χ1) is 57.3. The van der Waals surface area contributed by atoms with E-state index in [0.717, 1.165) is 67.6 Å². The summed E-state index contributed by atoms with van der Waals surface area (Å²) in [7, 11) is 2.44. The number of aryl methyl sites for hydroxylation is 1. The van der Waals surface area contributed by atoms with Crippen molar-refractivity contribution in [3.8, 4) is 5.69 Å². The van der Waals surface area contributed by atoms with Gasteiger partial charge < -0.3 is 35.7 Å². The summed E-state index contributed by atoms with van der Waals surface area (Å²) in [6, 6.07) is 31.2. The second kappa shape index (κ2) is 46.3. The number of halogens is 6. The van der Waals surface area contributed by atoms with Gasteiger partial charge in [-0.05, 0) is 197 Å². The molecule has 14 rings (SSSR count). The monoisotopic (exact) mass is 1800 g/mol. The van der Waals surface area contributed by atoms with Crippen molar-refractivity contribution in [2.24, 2.45) is 23.7 Å². The number of alkyl carbamates (subject to hydrolysis) is 1. The number of carbonyl (C=O) groups excluding carboxylic acids is 4. The number of Topliss-reactive ketones (excluding diaryl/α,β-unsaturated/α-hetero) is 1. The number of aromatic amines is 5. The van der Waals surface area contributed by atoms with Gasteiger partial charge in [-0.1, -0.05) is 110 Å². The minimum atomic E-state index is -0.781. The third kappa shape index (κ3) is 30.9. The molecular formula is C86H99BrClF4N14NaO16. The molecule has 4 aliphatic carbocycles. The van der Waals surface area contributed by atoms with Crippen LogP contribution in [0.1, 0.15) is 196 Å². The number of nitrogens with two attached hydrogens (primary N) is 1. The molecule has 0 radical (unpaired) electrons. The van der Waals surface area contributed by atoms with Crippen LogP contribution in [0.3, 0.4) is 0 Å². The van der Waals surface area contributed by atoms with Gasteiger partial charge in [-0.2, -0.15) is 5.10 Å². The molecule has 4 aliphatic rings. The van der Waals surface area contributed by atoms with E-state index in [1.165, 1.54) is 157 Å². The molecule has 652 valence electrons. The van der Waals surface area contributed by atoms with Crippen molar-refractivity contribution in [3.05, 3.63) is 304 Å². The van der Waals surface area contributed by atoms with Crippen LogP contribution in [0.2, 0.25) is 0 Å². The normalized spacial score (nSPS) is 14.0. The number of rotatable bonds is 27. The Morgan fingerprint density at radius 3 is 1.38 bits per heavy atom. The summed E-state index contributed by atoms with van der Waals surface area (Å²) < 4.78 is 76.3. The summed E-state index contributed by atoms with van der Waals surface area (Å²) in [6.45, 7) is 7.35. The van der Waals surface area contributed by atoms with Crippen molar-refractivity contribution >= 4 is 69.5 Å². The number of nitrogens with one attached hydrogen (secondary N) is 8. The first-order valence-electron chi connectivity index (χ1n) is 39.4. The van der Waals surface area contributed by atoms with Crippen LogP contribution in [0.4, 0.5) is 49.0 Å². The molecule has 37 heteroatoms. The molecule has 0 aliphatic heterocycles. The number of H-pyrrole nitrogens is 5. The number of nitrogens with zero attached hydrogens (tertiary/aromatic N) is 5. The van der Waals surface area contributed by atoms with Gasteiger partial charge in [0.1, 0.15) is 34.6 Å². The van der Waals surface area contributed by atoms with Gasteiger partial charge in [0, 0.05) is 66.8 Å². The summed E-state index contributed by atoms with van der Waals surface area (Å²) in [6.07, 6.45) is 20.3. The van der Waals surface area contributed by atoms with Crippen LogP contribution in [0, 0.1) is 53.9 Å². The van der Waals surface area contributed by atoms with Gasteiger partial charge in [0.05, 0.1) is 60.8 Å². The van der Waals surface area contributed by atoms with Crippen LogP contribution >= 0.6 is 28.3 Å². The van der Waals surface area contributed by atoms with E-state index in [9.17, 15) is 70.7 Å². The van der Waals surface area contributed by atoms with Crippen molar-refractivity contribution in [3.63, 3.8) is 0 Å². The summed E-state index contributed by atoms with van der Waals surface area (Å²) in [5, 5.41) is 12.0. The molecular weight excluding hydrogens is 1700 g/mol. The second-order valence-electron chi connectivity index (χ2n) is 31.0. The van der Waals surface area contributed by atoms with Crippen molar-refractivity contribution in [1.82, 2.24) is 53.7 Å². The van der Waals surface area contributed by atoms with E-state index in [4.69, 9.17) is 10.5 Å². The quantitative estimate of drug-likeness (QED) is 0.00576. The number of carbonyl (C=O) groups is 4. The van der Waals surface area contributed by atoms with Gasteiger partial charge in [-0.15, -0.1) is 12.4 Å². The van der Waals surface area contributed by atoms with Crippen LogP contribution in [0.25, 0.3) is 5.69 Å². The first kappa shape index (κ1) is 98.9. The number of aromatic nitrogens is 10. The number of methoxy groups -OCH3 is 2. The summed E-state index contributed by atoms with van der Waals surface area (Å²) in [4.78, 5) is 151. The van der Waals surface area contributed by atoms with E-state index in [1.807, 2.05) is 17.1 Å². The Kier molecular flexibility index (Phi) is 37.2. The molecule has 5 heterocycles. The number of ketones is 1. The van der Waals surface area contributed by atoms with Gasteiger partial charge in [-0.3, -0.25) is 68.2 Å². The van der Waals surface area contributed by atoms with Crippen LogP contribution in [0.5, 0.6) is 0 Å². The van der Waals surface area contributed by atoms with Gasteiger partial charge >= 0.3 is 70.6 Å².